The van der Waals surface area contributed by atoms with E-state index in [1.807, 2.05) is 19.1 Å². The van der Waals surface area contributed by atoms with Crippen LogP contribution in [0.3, 0.4) is 0 Å². The van der Waals surface area contributed by atoms with Crippen molar-refractivity contribution < 1.29 is 0 Å². The summed E-state index contributed by atoms with van der Waals surface area (Å²) in [6, 6.07) is 8.36. The molecule has 0 fully saturated rings. The van der Waals surface area contributed by atoms with Crippen molar-refractivity contribution in [2.45, 2.75) is 33.1 Å². The van der Waals surface area contributed by atoms with Crippen molar-refractivity contribution in [3.8, 4) is 0 Å². The summed E-state index contributed by atoms with van der Waals surface area (Å²) < 4.78 is 0. The Morgan fingerprint density at radius 3 is 2.50 bits per heavy atom. The maximum atomic E-state index is 5.67. The molecule has 0 unspecified atom stereocenters. The van der Waals surface area contributed by atoms with E-state index in [0.717, 1.165) is 12.1 Å². The predicted molar refractivity (Wildman–Crippen MR) is 70.8 cm³/mol. The Morgan fingerprint density at radius 2 is 1.94 bits per heavy atom. The highest BCUT2D eigenvalue weighted by Crippen LogP contribution is 2.11. The molecule has 1 rings (SSSR count). The Balaban J connectivity index is 2.54. The number of aliphatic imine (C=N–C) groups is 1. The molecule has 0 aliphatic carbocycles. The molecule has 0 spiro atoms. The Labute approximate surface area is 97.8 Å². The number of aryl methyl sites for hydroxylation is 1. The van der Waals surface area contributed by atoms with Crippen LogP contribution >= 0.6 is 0 Å². The summed E-state index contributed by atoms with van der Waals surface area (Å²) in [5.74, 6) is 0.476. The highest BCUT2D eigenvalue weighted by molar-refractivity contribution is 5.92. The van der Waals surface area contributed by atoms with Crippen LogP contribution in [0.2, 0.25) is 0 Å². The second kappa shape index (κ2) is 6.88. The van der Waals surface area contributed by atoms with Crippen LogP contribution in [-0.4, -0.2) is 12.5 Å². The number of hydrogen-bond acceptors (Lipinski definition) is 1. The predicted octanol–water partition coefficient (Wildman–Crippen LogP) is 2.78. The molecule has 3 nitrogen and oxygen atoms in total. The van der Waals surface area contributed by atoms with Gasteiger partial charge in [-0.15, -0.1) is 0 Å². The van der Waals surface area contributed by atoms with Crippen LogP contribution in [0.25, 0.3) is 0 Å². The molecule has 0 saturated heterocycles. The Morgan fingerprint density at radius 1 is 1.25 bits per heavy atom. The summed E-state index contributed by atoms with van der Waals surface area (Å²) in [5.41, 5.74) is 8.04. The molecule has 0 aromatic heterocycles. The summed E-state index contributed by atoms with van der Waals surface area (Å²) in [6.07, 6.45) is 3.62. The SMILES string of the molecule is CCCCc1ccc(NC(N)=NCC)cc1. The van der Waals surface area contributed by atoms with E-state index in [0.29, 0.717) is 12.5 Å². The molecule has 0 amide bonds. The topological polar surface area (TPSA) is 50.4 Å². The van der Waals surface area contributed by atoms with Crippen LogP contribution < -0.4 is 11.1 Å². The number of benzene rings is 1. The first-order valence-corrected chi connectivity index (χ1v) is 5.92. The number of anilines is 1. The molecule has 88 valence electrons. The highest BCUT2D eigenvalue weighted by Gasteiger charge is 1.95. The number of guanidine groups is 1. The smallest absolute Gasteiger partial charge is 0.193 e. The molecular formula is C13H21N3. The third-order valence-electron chi connectivity index (χ3n) is 2.37. The van der Waals surface area contributed by atoms with Crippen LogP contribution in [0, 0.1) is 0 Å². The minimum Gasteiger partial charge on any atom is -0.370 e. The van der Waals surface area contributed by atoms with E-state index in [4.69, 9.17) is 5.73 Å². The minimum absolute atomic E-state index is 0.476. The molecule has 1 aromatic rings. The van der Waals surface area contributed by atoms with Crippen LogP contribution in [0.15, 0.2) is 29.3 Å². The van der Waals surface area contributed by atoms with Gasteiger partial charge in [-0.2, -0.15) is 0 Å². The lowest BCUT2D eigenvalue weighted by molar-refractivity contribution is 0.795. The Bertz CT molecular complexity index is 328. The second-order valence-corrected chi connectivity index (χ2v) is 3.79. The average molecular weight is 219 g/mol. The normalized spacial score (nSPS) is 11.5. The van der Waals surface area contributed by atoms with E-state index >= 15 is 0 Å². The number of nitrogens with two attached hydrogens (primary N) is 1. The third kappa shape index (κ3) is 4.34. The zero-order valence-corrected chi connectivity index (χ0v) is 10.2. The molecule has 0 radical (unpaired) electrons. The van der Waals surface area contributed by atoms with E-state index < -0.39 is 0 Å². The van der Waals surface area contributed by atoms with Gasteiger partial charge in [0.25, 0.3) is 0 Å². The molecule has 3 heteroatoms. The van der Waals surface area contributed by atoms with E-state index in [2.05, 4.69) is 29.4 Å². The van der Waals surface area contributed by atoms with Gasteiger partial charge in [-0.3, -0.25) is 4.99 Å². The van der Waals surface area contributed by atoms with Gasteiger partial charge in [0.15, 0.2) is 5.96 Å². The zero-order valence-electron chi connectivity index (χ0n) is 10.2. The molecule has 0 atom stereocenters. The van der Waals surface area contributed by atoms with Crippen molar-refractivity contribution in [1.29, 1.82) is 0 Å². The fourth-order valence-corrected chi connectivity index (χ4v) is 1.49. The van der Waals surface area contributed by atoms with Gasteiger partial charge in [-0.05, 0) is 37.5 Å². The van der Waals surface area contributed by atoms with E-state index in [1.54, 1.807) is 0 Å². The first-order valence-electron chi connectivity index (χ1n) is 5.92. The molecule has 0 bridgehead atoms. The quantitative estimate of drug-likeness (QED) is 0.591. The number of unbranched alkanes of at least 4 members (excludes halogenated alkanes) is 1. The largest absolute Gasteiger partial charge is 0.370 e. The molecule has 3 N–H and O–H groups in total. The number of rotatable bonds is 5. The van der Waals surface area contributed by atoms with E-state index in [-0.39, 0.29) is 0 Å². The van der Waals surface area contributed by atoms with Crippen molar-refractivity contribution in [1.82, 2.24) is 0 Å². The third-order valence-corrected chi connectivity index (χ3v) is 2.37. The zero-order chi connectivity index (χ0) is 11.8. The van der Waals surface area contributed by atoms with Crippen molar-refractivity contribution in [2.24, 2.45) is 10.7 Å². The monoisotopic (exact) mass is 219 g/mol. The van der Waals surface area contributed by atoms with Gasteiger partial charge in [0.2, 0.25) is 0 Å². The van der Waals surface area contributed by atoms with Gasteiger partial charge in [-0.1, -0.05) is 25.5 Å². The lowest BCUT2D eigenvalue weighted by atomic mass is 10.1. The fourth-order valence-electron chi connectivity index (χ4n) is 1.49. The van der Waals surface area contributed by atoms with Crippen LogP contribution in [-0.2, 0) is 6.42 Å². The first kappa shape index (κ1) is 12.6. The number of nitrogens with zero attached hydrogens (tertiary/aromatic N) is 1. The van der Waals surface area contributed by atoms with Crippen molar-refractivity contribution in [3.63, 3.8) is 0 Å². The first-order chi connectivity index (χ1) is 7.76. The van der Waals surface area contributed by atoms with Crippen LogP contribution in [0.5, 0.6) is 0 Å². The molecule has 1 aromatic carbocycles. The maximum absolute atomic E-state index is 5.67. The lowest BCUT2D eigenvalue weighted by Gasteiger charge is -2.06. The van der Waals surface area contributed by atoms with Crippen LogP contribution in [0.1, 0.15) is 32.3 Å². The van der Waals surface area contributed by atoms with Gasteiger partial charge in [0.05, 0.1) is 0 Å². The van der Waals surface area contributed by atoms with Crippen molar-refractivity contribution >= 4 is 11.6 Å². The summed E-state index contributed by atoms with van der Waals surface area (Å²) in [7, 11) is 0. The molecular weight excluding hydrogens is 198 g/mol. The summed E-state index contributed by atoms with van der Waals surface area (Å²) in [6.45, 7) is 4.87. The molecule has 0 saturated carbocycles. The lowest BCUT2D eigenvalue weighted by Crippen LogP contribution is -2.22. The van der Waals surface area contributed by atoms with Gasteiger partial charge < -0.3 is 11.1 Å². The van der Waals surface area contributed by atoms with Crippen molar-refractivity contribution in [3.05, 3.63) is 29.8 Å². The molecule has 0 aliphatic rings. The number of hydrogen-bond donors (Lipinski definition) is 2. The van der Waals surface area contributed by atoms with Crippen LogP contribution in [0.4, 0.5) is 5.69 Å². The molecule has 0 aliphatic heterocycles. The number of nitrogens with one attached hydrogen (secondary N) is 1. The fraction of sp³-hybridized carbons (Fsp3) is 0.462. The highest BCUT2D eigenvalue weighted by atomic mass is 15.1. The molecule has 0 heterocycles. The van der Waals surface area contributed by atoms with E-state index in [9.17, 15) is 0 Å². The Hall–Kier alpha value is -1.51. The van der Waals surface area contributed by atoms with Gasteiger partial charge in [0, 0.05) is 12.2 Å². The van der Waals surface area contributed by atoms with Gasteiger partial charge in [-0.25, -0.2) is 0 Å². The summed E-state index contributed by atoms with van der Waals surface area (Å²) in [4.78, 5) is 4.08. The summed E-state index contributed by atoms with van der Waals surface area (Å²) >= 11 is 0. The van der Waals surface area contributed by atoms with Crippen molar-refractivity contribution in [2.75, 3.05) is 11.9 Å². The maximum Gasteiger partial charge on any atom is 0.193 e. The van der Waals surface area contributed by atoms with Gasteiger partial charge in [0.1, 0.15) is 0 Å². The summed E-state index contributed by atoms with van der Waals surface area (Å²) in [5, 5.41) is 3.05. The molecule has 16 heavy (non-hydrogen) atoms. The second-order valence-electron chi connectivity index (χ2n) is 3.79. The minimum atomic E-state index is 0.476. The van der Waals surface area contributed by atoms with Gasteiger partial charge >= 0.3 is 0 Å². The van der Waals surface area contributed by atoms with E-state index in [1.165, 1.54) is 18.4 Å². The average Bonchev–Trinajstić information content (AvgIpc) is 2.28. The standard InChI is InChI=1S/C13H21N3/c1-3-5-6-11-7-9-12(10-8-11)16-13(14)15-4-2/h7-10H,3-6H2,1-2H3,(H3,14,15,16). The Kier molecular flexibility index (Phi) is 5.40.